The van der Waals surface area contributed by atoms with Crippen LogP contribution in [0, 0.1) is 5.92 Å². The van der Waals surface area contributed by atoms with Gasteiger partial charge in [0.1, 0.15) is 0 Å². The molecule has 0 nitrogen and oxygen atoms in total. The van der Waals surface area contributed by atoms with Gasteiger partial charge in [0.15, 0.2) is 0 Å². The first-order valence-electron chi connectivity index (χ1n) is 22.6. The van der Waals surface area contributed by atoms with Crippen LogP contribution >= 0.6 is 0 Å². The van der Waals surface area contributed by atoms with Crippen molar-refractivity contribution in [2.24, 2.45) is 5.92 Å². The Balaban J connectivity index is 1.03. The Kier molecular flexibility index (Phi) is 9.02. The van der Waals surface area contributed by atoms with Crippen molar-refractivity contribution in [3.63, 3.8) is 0 Å². The zero-order chi connectivity index (χ0) is 42.8. The highest BCUT2D eigenvalue weighted by Crippen LogP contribution is 2.58. The molecule has 302 valence electrons. The van der Waals surface area contributed by atoms with E-state index in [-0.39, 0.29) is 5.41 Å². The molecule has 0 spiro atoms. The van der Waals surface area contributed by atoms with Gasteiger partial charge in [-0.3, -0.25) is 0 Å². The van der Waals surface area contributed by atoms with Gasteiger partial charge in [0.2, 0.25) is 0 Å². The van der Waals surface area contributed by atoms with Crippen molar-refractivity contribution >= 4 is 32.3 Å². The third-order valence-electron chi connectivity index (χ3n) is 14.0. The molecule has 11 aromatic carbocycles. The summed E-state index contributed by atoms with van der Waals surface area (Å²) in [5.41, 5.74) is 18.8. The summed E-state index contributed by atoms with van der Waals surface area (Å²) in [6.45, 7) is 4.82. The average Bonchev–Trinajstić information content (AvgIpc) is 3.66. The SMILES string of the molecule is CC(C)C1(c2cccc3ccccc23)c2ccccc2-c2ccc(-c3c4ccccc4c(-c4ccc(-c5cc(-c6ccccc6)cc(-c6ccccc6)c5)cc4)c4ccccc34)cc21. The molecule has 0 radical (unpaired) electrons. The quantitative estimate of drug-likeness (QED) is 0.141. The van der Waals surface area contributed by atoms with Crippen molar-refractivity contribution in [3.05, 3.63) is 253 Å². The lowest BCUT2D eigenvalue weighted by Gasteiger charge is -2.38. The molecule has 0 saturated heterocycles. The minimum absolute atomic E-state index is 0.292. The van der Waals surface area contributed by atoms with Gasteiger partial charge in [-0.05, 0) is 146 Å². The summed E-state index contributed by atoms with van der Waals surface area (Å²) < 4.78 is 0. The molecule has 1 unspecified atom stereocenters. The number of hydrogen-bond acceptors (Lipinski definition) is 0. The van der Waals surface area contributed by atoms with E-state index in [1.54, 1.807) is 0 Å². The van der Waals surface area contributed by atoms with Crippen LogP contribution in [0.3, 0.4) is 0 Å². The molecule has 0 bridgehead atoms. The fraction of sp³-hybridized carbons (Fsp3) is 0.0625. The molecule has 0 aromatic heterocycles. The summed E-state index contributed by atoms with van der Waals surface area (Å²) in [4.78, 5) is 0. The zero-order valence-corrected chi connectivity index (χ0v) is 36.1. The highest BCUT2D eigenvalue weighted by molar-refractivity contribution is 6.21. The van der Waals surface area contributed by atoms with Gasteiger partial charge in [-0.2, -0.15) is 0 Å². The molecule has 11 aromatic rings. The van der Waals surface area contributed by atoms with Crippen LogP contribution in [0.4, 0.5) is 0 Å². The average molecular weight is 815 g/mol. The smallest absolute Gasteiger partial charge is 0.0492 e. The molecule has 1 aliphatic carbocycles. The van der Waals surface area contributed by atoms with Gasteiger partial charge in [-0.15, -0.1) is 0 Å². The maximum atomic E-state index is 2.55. The Labute approximate surface area is 375 Å². The van der Waals surface area contributed by atoms with Crippen molar-refractivity contribution in [1.82, 2.24) is 0 Å². The molecule has 0 heterocycles. The molecule has 12 rings (SSSR count). The van der Waals surface area contributed by atoms with Crippen molar-refractivity contribution in [2.45, 2.75) is 19.3 Å². The molecular formula is C64H46. The van der Waals surface area contributed by atoms with Gasteiger partial charge in [-0.1, -0.05) is 226 Å². The first kappa shape index (κ1) is 37.9. The summed E-state index contributed by atoms with van der Waals surface area (Å²) in [6, 6.07) is 88.1. The summed E-state index contributed by atoms with van der Waals surface area (Å²) in [5, 5.41) is 7.64. The molecule has 0 N–H and O–H groups in total. The highest BCUT2D eigenvalue weighted by Gasteiger charge is 2.47. The Morgan fingerprint density at radius 1 is 0.266 bits per heavy atom. The second kappa shape index (κ2) is 15.2. The predicted octanol–water partition coefficient (Wildman–Crippen LogP) is 17.5. The fourth-order valence-corrected chi connectivity index (χ4v) is 11.2. The molecule has 0 aliphatic heterocycles. The Morgan fingerprint density at radius 2 is 0.672 bits per heavy atom. The maximum absolute atomic E-state index is 2.55. The van der Waals surface area contributed by atoms with Gasteiger partial charge in [-0.25, -0.2) is 0 Å². The standard InChI is InChI=1S/C64H46/c1-42(2)64(59-31-17-23-46-22-9-10-24-52(46)59)60-30-16-15-25-53(60)54-37-36-48(41-61(54)64)63-57-28-13-11-26-55(57)62(56-27-12-14-29-58(56)63)47-34-32-45(33-35-47)51-39-49(43-18-5-3-6-19-43)38-50(40-51)44-20-7-4-8-21-44/h3-42H,1-2H3. The lowest BCUT2D eigenvalue weighted by atomic mass is 9.64. The second-order valence-corrected chi connectivity index (χ2v) is 17.7. The van der Waals surface area contributed by atoms with E-state index >= 15 is 0 Å². The van der Waals surface area contributed by atoms with E-state index in [1.807, 2.05) is 0 Å². The van der Waals surface area contributed by atoms with Crippen LogP contribution in [-0.2, 0) is 5.41 Å². The lowest BCUT2D eigenvalue weighted by molar-refractivity contribution is 0.450. The van der Waals surface area contributed by atoms with E-state index < -0.39 is 0 Å². The van der Waals surface area contributed by atoms with Crippen LogP contribution in [0.5, 0.6) is 0 Å². The van der Waals surface area contributed by atoms with E-state index in [4.69, 9.17) is 0 Å². The van der Waals surface area contributed by atoms with E-state index in [0.29, 0.717) is 5.92 Å². The third kappa shape index (κ3) is 5.90. The Morgan fingerprint density at radius 3 is 1.25 bits per heavy atom. The Bertz CT molecular complexity index is 3440. The molecule has 64 heavy (non-hydrogen) atoms. The largest absolute Gasteiger partial charge is 0.0622 e. The normalized spacial score (nSPS) is 14.3. The molecule has 1 atom stereocenters. The predicted molar refractivity (Wildman–Crippen MR) is 273 cm³/mol. The van der Waals surface area contributed by atoms with Crippen LogP contribution in [-0.4, -0.2) is 0 Å². The van der Waals surface area contributed by atoms with Gasteiger partial charge in [0, 0.05) is 5.41 Å². The van der Waals surface area contributed by atoms with E-state index in [0.717, 1.165) is 0 Å². The summed E-state index contributed by atoms with van der Waals surface area (Å²) in [5.74, 6) is 0.292. The van der Waals surface area contributed by atoms with Crippen molar-refractivity contribution in [2.75, 3.05) is 0 Å². The lowest BCUT2D eigenvalue weighted by Crippen LogP contribution is -2.33. The summed E-state index contributed by atoms with van der Waals surface area (Å²) in [6.07, 6.45) is 0. The van der Waals surface area contributed by atoms with Gasteiger partial charge in [0.25, 0.3) is 0 Å². The topological polar surface area (TPSA) is 0 Å². The van der Waals surface area contributed by atoms with Crippen molar-refractivity contribution < 1.29 is 0 Å². The highest BCUT2D eigenvalue weighted by atomic mass is 14.5. The molecule has 0 heteroatoms. The van der Waals surface area contributed by atoms with Crippen LogP contribution in [0.1, 0.15) is 30.5 Å². The molecule has 1 aliphatic rings. The summed E-state index contributed by atoms with van der Waals surface area (Å²) >= 11 is 0. The number of fused-ring (bicyclic) bond motifs is 6. The number of benzene rings is 11. The second-order valence-electron chi connectivity index (χ2n) is 17.7. The first-order valence-corrected chi connectivity index (χ1v) is 22.6. The zero-order valence-electron chi connectivity index (χ0n) is 36.1. The monoisotopic (exact) mass is 814 g/mol. The van der Waals surface area contributed by atoms with Gasteiger partial charge >= 0.3 is 0 Å². The van der Waals surface area contributed by atoms with Crippen LogP contribution < -0.4 is 0 Å². The maximum Gasteiger partial charge on any atom is 0.0492 e. The van der Waals surface area contributed by atoms with Crippen LogP contribution in [0.2, 0.25) is 0 Å². The molecule has 0 saturated carbocycles. The van der Waals surface area contributed by atoms with Crippen molar-refractivity contribution in [3.8, 4) is 66.8 Å². The molecular weight excluding hydrogens is 769 g/mol. The van der Waals surface area contributed by atoms with Gasteiger partial charge in [0.05, 0.1) is 0 Å². The minimum atomic E-state index is -0.335. The van der Waals surface area contributed by atoms with E-state index in [9.17, 15) is 0 Å². The van der Waals surface area contributed by atoms with E-state index in [2.05, 4.69) is 250 Å². The van der Waals surface area contributed by atoms with Crippen LogP contribution in [0.15, 0.2) is 237 Å². The fourth-order valence-electron chi connectivity index (χ4n) is 11.2. The first-order chi connectivity index (χ1) is 31.6. The Hall–Kier alpha value is -7.80. The minimum Gasteiger partial charge on any atom is -0.0622 e. The summed E-state index contributed by atoms with van der Waals surface area (Å²) in [7, 11) is 0. The number of hydrogen-bond donors (Lipinski definition) is 0. The van der Waals surface area contributed by atoms with E-state index in [1.165, 1.54) is 116 Å². The molecule has 0 fully saturated rings. The van der Waals surface area contributed by atoms with Gasteiger partial charge < -0.3 is 0 Å². The van der Waals surface area contributed by atoms with Crippen LogP contribution in [0.25, 0.3) is 99.1 Å². The number of rotatable bonds is 7. The molecule has 0 amide bonds. The van der Waals surface area contributed by atoms with Crippen molar-refractivity contribution in [1.29, 1.82) is 0 Å². The third-order valence-corrected chi connectivity index (χ3v) is 14.0.